The second-order valence-electron chi connectivity index (χ2n) is 3.46. The van der Waals surface area contributed by atoms with Crippen molar-refractivity contribution >= 4 is 15.9 Å². The monoisotopic (exact) mass is 284 g/mol. The number of aromatic nitrogens is 2. The first-order valence-corrected chi connectivity index (χ1v) is 5.50. The van der Waals surface area contributed by atoms with Crippen molar-refractivity contribution in [1.82, 2.24) is 9.78 Å². The van der Waals surface area contributed by atoms with Crippen molar-refractivity contribution in [1.29, 1.82) is 0 Å². The van der Waals surface area contributed by atoms with Gasteiger partial charge in [0.2, 0.25) is 0 Å². The second kappa shape index (κ2) is 4.35. The van der Waals surface area contributed by atoms with E-state index in [2.05, 4.69) is 21.0 Å². The molecule has 16 heavy (non-hydrogen) atoms. The molecule has 1 N–H and O–H groups in total. The number of aliphatic hydroxyl groups excluding tert-OH is 1. The molecule has 84 valence electrons. The van der Waals surface area contributed by atoms with Crippen molar-refractivity contribution in [2.75, 3.05) is 0 Å². The Hall–Kier alpha value is -1.20. The Morgan fingerprint density at radius 1 is 1.44 bits per heavy atom. The average molecular weight is 285 g/mol. The van der Waals surface area contributed by atoms with Crippen LogP contribution in [0.1, 0.15) is 17.4 Å². The summed E-state index contributed by atoms with van der Waals surface area (Å²) in [5.74, 6) is -0.390. The predicted octanol–water partition coefficient (Wildman–Crippen LogP) is 2.40. The van der Waals surface area contributed by atoms with E-state index in [1.165, 1.54) is 6.07 Å². The summed E-state index contributed by atoms with van der Waals surface area (Å²) in [6, 6.07) is 6.25. The normalized spacial score (nSPS) is 12.8. The van der Waals surface area contributed by atoms with Crippen LogP contribution in [-0.2, 0) is 7.05 Å². The van der Waals surface area contributed by atoms with Gasteiger partial charge in [-0.2, -0.15) is 5.10 Å². The zero-order valence-corrected chi connectivity index (χ0v) is 10.1. The lowest BCUT2D eigenvalue weighted by atomic mass is 10.1. The molecule has 0 amide bonds. The second-order valence-corrected chi connectivity index (χ2v) is 4.31. The summed E-state index contributed by atoms with van der Waals surface area (Å²) in [5.41, 5.74) is 1.13. The first-order chi connectivity index (χ1) is 7.59. The quantitative estimate of drug-likeness (QED) is 0.920. The van der Waals surface area contributed by atoms with E-state index in [0.29, 0.717) is 15.7 Å². The molecule has 1 atom stereocenters. The Morgan fingerprint density at radius 3 is 2.75 bits per heavy atom. The molecule has 1 aromatic heterocycles. The molecule has 0 spiro atoms. The molecule has 0 aliphatic heterocycles. The highest BCUT2D eigenvalue weighted by molar-refractivity contribution is 9.10. The van der Waals surface area contributed by atoms with Gasteiger partial charge >= 0.3 is 0 Å². The Labute approximate surface area is 101 Å². The number of halogens is 2. The van der Waals surface area contributed by atoms with Crippen LogP contribution in [0.4, 0.5) is 4.39 Å². The SMILES string of the molecule is Cn1nccc1C(O)c1ccc(Br)c(F)c1. The van der Waals surface area contributed by atoms with E-state index in [1.807, 2.05) is 0 Å². The molecule has 0 aliphatic carbocycles. The molecule has 3 nitrogen and oxygen atoms in total. The summed E-state index contributed by atoms with van der Waals surface area (Å²) < 4.78 is 15.2. The van der Waals surface area contributed by atoms with Gasteiger partial charge in [0, 0.05) is 13.2 Å². The molecule has 2 rings (SSSR count). The van der Waals surface area contributed by atoms with Crippen LogP contribution in [0.2, 0.25) is 0 Å². The summed E-state index contributed by atoms with van der Waals surface area (Å²) in [6.07, 6.45) is 0.725. The number of aliphatic hydroxyl groups is 1. The maximum atomic E-state index is 13.3. The van der Waals surface area contributed by atoms with Gasteiger partial charge in [0.25, 0.3) is 0 Å². The summed E-state index contributed by atoms with van der Waals surface area (Å²) in [5, 5.41) is 14.0. The largest absolute Gasteiger partial charge is 0.382 e. The van der Waals surface area contributed by atoms with E-state index in [1.54, 1.807) is 36.1 Å². The summed E-state index contributed by atoms with van der Waals surface area (Å²) in [6.45, 7) is 0. The minimum atomic E-state index is -0.866. The maximum Gasteiger partial charge on any atom is 0.137 e. The third-order valence-corrected chi connectivity index (χ3v) is 3.04. The van der Waals surface area contributed by atoms with E-state index in [0.717, 1.165) is 0 Å². The van der Waals surface area contributed by atoms with Gasteiger partial charge in [-0.15, -0.1) is 0 Å². The molecule has 0 bridgehead atoms. The Balaban J connectivity index is 2.38. The molecule has 0 aliphatic rings. The Morgan fingerprint density at radius 2 is 2.19 bits per heavy atom. The van der Waals surface area contributed by atoms with Gasteiger partial charge in [0.1, 0.15) is 11.9 Å². The molecule has 1 aromatic carbocycles. The highest BCUT2D eigenvalue weighted by Crippen LogP contribution is 2.24. The van der Waals surface area contributed by atoms with Crippen molar-refractivity contribution in [3.63, 3.8) is 0 Å². The standard InChI is InChI=1S/C11H10BrFN2O/c1-15-10(4-5-14-15)11(16)7-2-3-8(12)9(13)6-7/h2-6,11,16H,1H3. The third-order valence-electron chi connectivity index (χ3n) is 2.40. The molecule has 1 unspecified atom stereocenters. The van der Waals surface area contributed by atoms with Gasteiger partial charge in [-0.25, -0.2) is 4.39 Å². The fourth-order valence-electron chi connectivity index (χ4n) is 1.51. The van der Waals surface area contributed by atoms with E-state index in [-0.39, 0.29) is 0 Å². The number of hydrogen-bond donors (Lipinski definition) is 1. The summed E-state index contributed by atoms with van der Waals surface area (Å²) in [4.78, 5) is 0. The van der Waals surface area contributed by atoms with Gasteiger partial charge in [-0.1, -0.05) is 6.07 Å². The van der Waals surface area contributed by atoms with Gasteiger partial charge in [-0.3, -0.25) is 4.68 Å². The first-order valence-electron chi connectivity index (χ1n) is 4.70. The van der Waals surface area contributed by atoms with E-state index in [4.69, 9.17) is 0 Å². The molecule has 0 saturated heterocycles. The molecule has 5 heteroatoms. The molecule has 0 saturated carbocycles. The Bertz CT molecular complexity index is 512. The van der Waals surface area contributed by atoms with Gasteiger partial charge in [0.15, 0.2) is 0 Å². The molecule has 0 radical (unpaired) electrons. The van der Waals surface area contributed by atoms with Crippen molar-refractivity contribution in [2.24, 2.45) is 7.05 Å². The Kier molecular flexibility index (Phi) is 3.07. The highest BCUT2D eigenvalue weighted by Gasteiger charge is 2.15. The van der Waals surface area contributed by atoms with Gasteiger partial charge < -0.3 is 5.11 Å². The first kappa shape index (κ1) is 11.3. The van der Waals surface area contributed by atoms with Crippen LogP contribution in [0.3, 0.4) is 0 Å². The van der Waals surface area contributed by atoms with Crippen molar-refractivity contribution < 1.29 is 9.50 Å². The van der Waals surface area contributed by atoms with Crippen LogP contribution >= 0.6 is 15.9 Å². The number of nitrogens with zero attached hydrogens (tertiary/aromatic N) is 2. The topological polar surface area (TPSA) is 38.0 Å². The smallest absolute Gasteiger partial charge is 0.137 e. The van der Waals surface area contributed by atoms with Crippen LogP contribution < -0.4 is 0 Å². The number of rotatable bonds is 2. The number of benzene rings is 1. The fourth-order valence-corrected chi connectivity index (χ4v) is 1.75. The third kappa shape index (κ3) is 2.01. The lowest BCUT2D eigenvalue weighted by Crippen LogP contribution is -2.06. The number of hydrogen-bond acceptors (Lipinski definition) is 2. The zero-order chi connectivity index (χ0) is 11.7. The van der Waals surface area contributed by atoms with E-state index in [9.17, 15) is 9.50 Å². The minimum Gasteiger partial charge on any atom is -0.382 e. The molecule has 2 aromatic rings. The minimum absolute atomic E-state index is 0.383. The molecular weight excluding hydrogens is 275 g/mol. The van der Waals surface area contributed by atoms with Crippen molar-refractivity contribution in [3.8, 4) is 0 Å². The molecule has 0 fully saturated rings. The fraction of sp³-hybridized carbons (Fsp3) is 0.182. The summed E-state index contributed by atoms with van der Waals surface area (Å²) >= 11 is 3.07. The zero-order valence-electron chi connectivity index (χ0n) is 8.56. The van der Waals surface area contributed by atoms with Crippen LogP contribution in [-0.4, -0.2) is 14.9 Å². The highest BCUT2D eigenvalue weighted by atomic mass is 79.9. The van der Waals surface area contributed by atoms with Gasteiger partial charge in [0.05, 0.1) is 10.2 Å². The van der Waals surface area contributed by atoms with E-state index >= 15 is 0 Å². The summed E-state index contributed by atoms with van der Waals surface area (Å²) in [7, 11) is 1.73. The van der Waals surface area contributed by atoms with E-state index < -0.39 is 11.9 Å². The van der Waals surface area contributed by atoms with Crippen LogP contribution in [0.15, 0.2) is 34.9 Å². The predicted molar refractivity (Wildman–Crippen MR) is 61.4 cm³/mol. The lowest BCUT2D eigenvalue weighted by Gasteiger charge is -2.11. The average Bonchev–Trinajstić information content (AvgIpc) is 2.67. The molecular formula is C11H10BrFN2O. The van der Waals surface area contributed by atoms with Crippen LogP contribution in [0, 0.1) is 5.82 Å². The van der Waals surface area contributed by atoms with Crippen LogP contribution in [0.5, 0.6) is 0 Å². The van der Waals surface area contributed by atoms with Crippen molar-refractivity contribution in [2.45, 2.75) is 6.10 Å². The van der Waals surface area contributed by atoms with Crippen LogP contribution in [0.25, 0.3) is 0 Å². The lowest BCUT2D eigenvalue weighted by molar-refractivity contribution is 0.209. The van der Waals surface area contributed by atoms with Gasteiger partial charge in [-0.05, 0) is 39.7 Å². The number of aryl methyl sites for hydroxylation is 1. The molecule has 1 heterocycles. The maximum absolute atomic E-state index is 13.3. The van der Waals surface area contributed by atoms with Crippen molar-refractivity contribution in [3.05, 3.63) is 52.0 Å².